The average molecular weight is 563 g/mol. The number of allylic oxidation sites excluding steroid dienone is 2. The molecule has 0 radical (unpaired) electrons. The molecule has 2 aromatic heterocycles. The lowest BCUT2D eigenvalue weighted by molar-refractivity contribution is -0.198. The Kier molecular flexibility index (Phi) is 7.02. The molecule has 39 heavy (non-hydrogen) atoms. The first-order valence-electron chi connectivity index (χ1n) is 12.3. The minimum Gasteiger partial charge on any atom is -0.480 e. The second kappa shape index (κ2) is 10.2. The molecule has 0 saturated carbocycles. The number of rotatable bonds is 6. The van der Waals surface area contributed by atoms with Gasteiger partial charge in [-0.3, -0.25) is 4.79 Å². The Morgan fingerprint density at radius 3 is 2.72 bits per heavy atom. The van der Waals surface area contributed by atoms with E-state index < -0.39 is 24.3 Å². The monoisotopic (exact) mass is 562 g/mol. The van der Waals surface area contributed by atoms with Gasteiger partial charge in [0.05, 0.1) is 17.1 Å². The van der Waals surface area contributed by atoms with Crippen LogP contribution < -0.4 is 15.8 Å². The summed E-state index contributed by atoms with van der Waals surface area (Å²) >= 11 is 6.11. The highest BCUT2D eigenvalue weighted by Crippen LogP contribution is 2.45. The van der Waals surface area contributed by atoms with Crippen LogP contribution in [0.2, 0.25) is 5.02 Å². The quantitative estimate of drug-likeness (QED) is 0.387. The van der Waals surface area contributed by atoms with Crippen molar-refractivity contribution in [3.8, 4) is 11.6 Å². The molecule has 1 fully saturated rings. The predicted octanol–water partition coefficient (Wildman–Crippen LogP) is 4.89. The smallest absolute Gasteiger partial charge is 0.429 e. The number of nitrogens with zero attached hydrogens (tertiary/aromatic N) is 4. The summed E-state index contributed by atoms with van der Waals surface area (Å²) in [5.41, 5.74) is 7.40. The minimum atomic E-state index is -4.81. The van der Waals surface area contributed by atoms with Gasteiger partial charge in [-0.25, -0.2) is 9.67 Å². The van der Waals surface area contributed by atoms with Crippen molar-refractivity contribution < 1.29 is 27.8 Å². The van der Waals surface area contributed by atoms with Crippen LogP contribution in [-0.2, 0) is 4.79 Å². The molecule has 1 saturated heterocycles. The first-order chi connectivity index (χ1) is 18.4. The lowest BCUT2D eigenvalue weighted by Crippen LogP contribution is -2.30. The summed E-state index contributed by atoms with van der Waals surface area (Å²) in [5, 5.41) is 16.8. The molecule has 1 aliphatic carbocycles. The van der Waals surface area contributed by atoms with Crippen LogP contribution in [0.5, 0.6) is 5.88 Å². The number of alkyl halides is 3. The summed E-state index contributed by atoms with van der Waals surface area (Å²) in [4.78, 5) is 19.5. The fourth-order valence-corrected chi connectivity index (χ4v) is 5.36. The summed E-state index contributed by atoms with van der Waals surface area (Å²) in [6.45, 7) is 2.31. The zero-order chi connectivity index (χ0) is 27.9. The molecule has 0 bridgehead atoms. The number of nitrogens with two attached hydrogens (primary N) is 1. The Balaban J connectivity index is 1.44. The van der Waals surface area contributed by atoms with Crippen molar-refractivity contribution in [2.24, 2.45) is 5.41 Å². The van der Waals surface area contributed by atoms with E-state index in [9.17, 15) is 23.1 Å². The van der Waals surface area contributed by atoms with E-state index >= 15 is 0 Å². The third kappa shape index (κ3) is 5.71. The molecule has 9 nitrogen and oxygen atoms in total. The van der Waals surface area contributed by atoms with Gasteiger partial charge in [0.2, 0.25) is 17.9 Å². The standard InChI is InChI=1S/C26H26ClF3N6O3/c1-14-6-9-36(35-14)20-10-16(27)2-3-17(20)22(26(28,29)30)39-21-11-18(33-24(31)34-21)15-4-7-25(8-5-15)12-19(23(37)38)32-13-25/h2-4,6,9-11,19,22,32H,5,7-8,12-13H2,1H3,(H,37,38)(H2,31,33,34)/t19-,22?,25-/m0/s1. The Labute approximate surface area is 226 Å². The molecular formula is C26H26ClF3N6O3. The normalized spacial score (nSPS) is 22.1. The summed E-state index contributed by atoms with van der Waals surface area (Å²) in [6, 6.07) is 6.42. The summed E-state index contributed by atoms with van der Waals surface area (Å²) < 4.78 is 49.9. The van der Waals surface area contributed by atoms with E-state index in [-0.39, 0.29) is 33.5 Å². The zero-order valence-electron chi connectivity index (χ0n) is 20.9. The van der Waals surface area contributed by atoms with E-state index in [1.165, 1.54) is 28.9 Å². The molecule has 3 atom stereocenters. The molecule has 3 heterocycles. The van der Waals surface area contributed by atoms with Crippen LogP contribution in [0.25, 0.3) is 11.3 Å². The molecule has 206 valence electrons. The second-order valence-corrected chi connectivity index (χ2v) is 10.4. The van der Waals surface area contributed by atoms with Crippen molar-refractivity contribution in [3.05, 3.63) is 64.6 Å². The number of aliphatic carboxylic acids is 1. The van der Waals surface area contributed by atoms with Crippen LogP contribution in [0, 0.1) is 12.3 Å². The van der Waals surface area contributed by atoms with Gasteiger partial charge in [-0.15, -0.1) is 0 Å². The lowest BCUT2D eigenvalue weighted by atomic mass is 9.73. The number of carboxylic acids is 1. The summed E-state index contributed by atoms with van der Waals surface area (Å²) in [5.74, 6) is -1.43. The topological polar surface area (TPSA) is 128 Å². The van der Waals surface area contributed by atoms with E-state index in [1.54, 1.807) is 19.2 Å². The first-order valence-corrected chi connectivity index (χ1v) is 12.7. The molecule has 13 heteroatoms. The van der Waals surface area contributed by atoms with Crippen LogP contribution in [0.3, 0.4) is 0 Å². The van der Waals surface area contributed by atoms with Crippen LogP contribution >= 0.6 is 11.6 Å². The van der Waals surface area contributed by atoms with Gasteiger partial charge in [-0.05, 0) is 61.8 Å². The highest BCUT2D eigenvalue weighted by atomic mass is 35.5. The predicted molar refractivity (Wildman–Crippen MR) is 137 cm³/mol. The number of carbonyl (C=O) groups is 1. The molecule has 5 rings (SSSR count). The van der Waals surface area contributed by atoms with Crippen LogP contribution in [-0.4, -0.2) is 49.6 Å². The van der Waals surface area contributed by atoms with Crippen LogP contribution in [0.4, 0.5) is 19.1 Å². The molecule has 1 unspecified atom stereocenters. The minimum absolute atomic E-state index is 0.116. The van der Waals surface area contributed by atoms with E-state index in [0.717, 1.165) is 5.57 Å². The SMILES string of the molecule is Cc1ccn(-c2cc(Cl)ccc2C(Oc2cc(C3=CC[C@@]4(CC3)CN[C@H](C(=O)O)C4)nc(N)n2)C(F)(F)F)n1. The van der Waals surface area contributed by atoms with E-state index in [1.807, 2.05) is 6.08 Å². The van der Waals surface area contributed by atoms with Crippen molar-refractivity contribution in [2.75, 3.05) is 12.3 Å². The molecule has 1 aliphatic heterocycles. The largest absolute Gasteiger partial charge is 0.480 e. The number of ether oxygens (including phenoxy) is 1. The number of hydrogen-bond acceptors (Lipinski definition) is 7. The van der Waals surface area contributed by atoms with Crippen molar-refractivity contribution >= 4 is 29.1 Å². The number of nitrogens with one attached hydrogen (secondary N) is 1. The molecular weight excluding hydrogens is 537 g/mol. The van der Waals surface area contributed by atoms with Gasteiger partial charge in [-0.2, -0.15) is 23.3 Å². The Morgan fingerprint density at radius 2 is 2.10 bits per heavy atom. The number of nitrogen functional groups attached to an aromatic ring is 1. The maximum atomic E-state index is 14.4. The Morgan fingerprint density at radius 1 is 1.31 bits per heavy atom. The van der Waals surface area contributed by atoms with Gasteiger partial charge in [-0.1, -0.05) is 23.7 Å². The highest BCUT2D eigenvalue weighted by molar-refractivity contribution is 6.30. The lowest BCUT2D eigenvalue weighted by Gasteiger charge is -2.31. The van der Waals surface area contributed by atoms with Gasteiger partial charge >= 0.3 is 12.1 Å². The molecule has 2 aliphatic rings. The number of anilines is 1. The van der Waals surface area contributed by atoms with Gasteiger partial charge in [0.1, 0.15) is 6.04 Å². The average Bonchev–Trinajstić information content (AvgIpc) is 3.49. The van der Waals surface area contributed by atoms with E-state index in [4.69, 9.17) is 22.1 Å². The number of carboxylic acid groups (broad SMARTS) is 1. The van der Waals surface area contributed by atoms with E-state index in [2.05, 4.69) is 20.4 Å². The second-order valence-electron chi connectivity index (χ2n) is 10.0. The molecule has 3 aromatic rings. The fourth-order valence-electron chi connectivity index (χ4n) is 5.20. The van der Waals surface area contributed by atoms with Crippen molar-refractivity contribution in [3.63, 3.8) is 0 Å². The van der Waals surface area contributed by atoms with Crippen LogP contribution in [0.15, 0.2) is 42.6 Å². The van der Waals surface area contributed by atoms with Gasteiger partial charge < -0.3 is 20.9 Å². The third-order valence-corrected chi connectivity index (χ3v) is 7.43. The molecule has 1 aromatic carbocycles. The zero-order valence-corrected chi connectivity index (χ0v) is 21.6. The number of hydrogen-bond donors (Lipinski definition) is 3. The summed E-state index contributed by atoms with van der Waals surface area (Å²) in [6.07, 6.45) is -1.32. The first kappa shape index (κ1) is 26.9. The van der Waals surface area contributed by atoms with E-state index in [0.29, 0.717) is 43.6 Å². The Hall–Kier alpha value is -3.64. The molecule has 4 N–H and O–H groups in total. The van der Waals surface area contributed by atoms with Gasteiger partial charge in [0.15, 0.2) is 0 Å². The van der Waals surface area contributed by atoms with Gasteiger partial charge in [0.25, 0.3) is 0 Å². The number of aromatic nitrogens is 4. The van der Waals surface area contributed by atoms with Crippen LogP contribution in [0.1, 0.15) is 48.7 Å². The Bertz CT molecular complexity index is 1440. The third-order valence-electron chi connectivity index (χ3n) is 7.19. The van der Waals surface area contributed by atoms with Gasteiger partial charge in [0, 0.05) is 29.4 Å². The maximum Gasteiger partial charge on any atom is 0.429 e. The highest BCUT2D eigenvalue weighted by Gasteiger charge is 2.45. The number of aryl methyl sites for hydroxylation is 1. The summed E-state index contributed by atoms with van der Waals surface area (Å²) in [7, 11) is 0. The molecule has 1 spiro atoms. The fraction of sp³-hybridized carbons (Fsp3) is 0.385. The van der Waals surface area contributed by atoms with Crippen molar-refractivity contribution in [2.45, 2.75) is 50.9 Å². The van der Waals surface area contributed by atoms with Crippen molar-refractivity contribution in [1.82, 2.24) is 25.1 Å². The number of halogens is 4. The molecule has 0 amide bonds. The van der Waals surface area contributed by atoms with Crippen molar-refractivity contribution in [1.29, 1.82) is 0 Å². The number of benzene rings is 1. The maximum absolute atomic E-state index is 14.4.